The Hall–Kier alpha value is -1.06. The van der Waals surface area contributed by atoms with Crippen LogP contribution in [0, 0.1) is 18.8 Å². The topological polar surface area (TPSA) is 32.3 Å². The average molecular weight is 265 g/mol. The minimum atomic E-state index is 0.146. The maximum Gasteiger partial charge on any atom is 0.145 e. The molecule has 1 N–H and O–H groups in total. The van der Waals surface area contributed by atoms with Crippen LogP contribution in [0.5, 0.6) is 0 Å². The van der Waals surface area contributed by atoms with Crippen molar-refractivity contribution in [3.8, 4) is 0 Å². The molecule has 0 saturated carbocycles. The lowest BCUT2D eigenvalue weighted by atomic mass is 9.84. The number of hydrogen-bond donors (Lipinski definition) is 1. The predicted molar refractivity (Wildman–Crippen MR) is 73.3 cm³/mol. The summed E-state index contributed by atoms with van der Waals surface area (Å²) in [6.07, 6.45) is 0. The summed E-state index contributed by atoms with van der Waals surface area (Å²) in [5.41, 5.74) is 2.40. The Morgan fingerprint density at radius 2 is 1.94 bits per heavy atom. The van der Waals surface area contributed by atoms with E-state index in [0.29, 0.717) is 5.78 Å². The van der Waals surface area contributed by atoms with Crippen molar-refractivity contribution in [1.82, 2.24) is 5.32 Å². The van der Waals surface area contributed by atoms with Crippen molar-refractivity contribution in [3.63, 3.8) is 0 Å². The molecule has 96 valence electrons. The Morgan fingerprint density at radius 1 is 1.28 bits per heavy atom. The standard InChI is InChI=1S/C14H17ClN2O/c1-9-4-12(15)2-3-13(9)17-7-10-5-16-6-11(8-17)14(10)18/h2-4,10-11,16H,5-8H2,1H3. The third kappa shape index (κ3) is 2.02. The first-order chi connectivity index (χ1) is 8.65. The number of rotatable bonds is 1. The van der Waals surface area contributed by atoms with E-state index in [9.17, 15) is 4.79 Å². The molecular weight excluding hydrogens is 248 g/mol. The third-order valence-electron chi connectivity index (χ3n) is 3.97. The molecule has 0 amide bonds. The lowest BCUT2D eigenvalue weighted by molar-refractivity contribution is -0.129. The number of nitrogens with one attached hydrogen (secondary N) is 1. The maximum absolute atomic E-state index is 12.0. The number of benzene rings is 1. The molecule has 2 fully saturated rings. The first kappa shape index (κ1) is 12.0. The van der Waals surface area contributed by atoms with E-state index in [1.165, 1.54) is 11.3 Å². The van der Waals surface area contributed by atoms with Crippen molar-refractivity contribution in [2.45, 2.75) is 6.92 Å². The minimum Gasteiger partial charge on any atom is -0.370 e. The molecule has 2 atom stereocenters. The lowest BCUT2D eigenvalue weighted by Crippen LogP contribution is -2.57. The number of Topliss-reactive ketones (excluding diaryl/α,β-unsaturated/α-hetero) is 1. The molecule has 3 nitrogen and oxygen atoms in total. The first-order valence-corrected chi connectivity index (χ1v) is 6.78. The van der Waals surface area contributed by atoms with E-state index in [1.54, 1.807) is 0 Å². The maximum atomic E-state index is 12.0. The number of carbonyl (C=O) groups excluding carboxylic acids is 1. The van der Waals surface area contributed by atoms with Gasteiger partial charge in [0.2, 0.25) is 0 Å². The van der Waals surface area contributed by atoms with Crippen LogP contribution < -0.4 is 10.2 Å². The quantitative estimate of drug-likeness (QED) is 0.841. The van der Waals surface area contributed by atoms with Crippen LogP contribution in [0.25, 0.3) is 0 Å². The number of anilines is 1. The van der Waals surface area contributed by atoms with E-state index in [0.717, 1.165) is 31.2 Å². The molecule has 2 saturated heterocycles. The van der Waals surface area contributed by atoms with E-state index >= 15 is 0 Å². The molecule has 0 spiro atoms. The highest BCUT2D eigenvalue weighted by Gasteiger charge is 2.38. The zero-order valence-electron chi connectivity index (χ0n) is 10.4. The molecule has 2 aliphatic rings. The largest absolute Gasteiger partial charge is 0.370 e. The summed E-state index contributed by atoms with van der Waals surface area (Å²) >= 11 is 5.99. The Balaban J connectivity index is 1.87. The van der Waals surface area contributed by atoms with Crippen molar-refractivity contribution in [3.05, 3.63) is 28.8 Å². The molecule has 0 aromatic heterocycles. The van der Waals surface area contributed by atoms with Crippen molar-refractivity contribution in [2.75, 3.05) is 31.1 Å². The van der Waals surface area contributed by atoms with Crippen LogP contribution in [0.2, 0.25) is 5.02 Å². The molecule has 0 radical (unpaired) electrons. The molecule has 2 unspecified atom stereocenters. The highest BCUT2D eigenvalue weighted by molar-refractivity contribution is 6.30. The number of halogens is 1. The van der Waals surface area contributed by atoms with Gasteiger partial charge in [0.1, 0.15) is 5.78 Å². The van der Waals surface area contributed by atoms with Gasteiger partial charge in [-0.05, 0) is 30.7 Å². The number of hydrogen-bond acceptors (Lipinski definition) is 3. The molecule has 18 heavy (non-hydrogen) atoms. The van der Waals surface area contributed by atoms with Gasteiger partial charge in [-0.15, -0.1) is 0 Å². The number of carbonyl (C=O) groups is 1. The monoisotopic (exact) mass is 264 g/mol. The fourth-order valence-electron chi connectivity index (χ4n) is 3.05. The van der Waals surface area contributed by atoms with Crippen molar-refractivity contribution >= 4 is 23.1 Å². The number of fused-ring (bicyclic) bond motifs is 2. The molecule has 1 aromatic rings. The summed E-state index contributed by atoms with van der Waals surface area (Å²) in [7, 11) is 0. The fraction of sp³-hybridized carbons (Fsp3) is 0.500. The SMILES string of the molecule is Cc1cc(Cl)ccc1N1CC2CNCC(C1)C2=O. The third-order valence-corrected chi connectivity index (χ3v) is 4.20. The summed E-state index contributed by atoms with van der Waals surface area (Å²) in [5, 5.41) is 4.11. The van der Waals surface area contributed by atoms with Crippen LogP contribution in [0.4, 0.5) is 5.69 Å². The molecule has 3 rings (SSSR count). The van der Waals surface area contributed by atoms with E-state index < -0.39 is 0 Å². The van der Waals surface area contributed by atoms with Gasteiger partial charge in [-0.25, -0.2) is 0 Å². The molecule has 2 aliphatic heterocycles. The van der Waals surface area contributed by atoms with Gasteiger partial charge >= 0.3 is 0 Å². The second-order valence-electron chi connectivity index (χ2n) is 5.29. The normalized spacial score (nSPS) is 27.4. The van der Waals surface area contributed by atoms with Gasteiger partial charge in [-0.3, -0.25) is 4.79 Å². The molecule has 4 heteroatoms. The van der Waals surface area contributed by atoms with E-state index in [2.05, 4.69) is 23.2 Å². The van der Waals surface area contributed by atoms with Crippen LogP contribution in [-0.2, 0) is 4.79 Å². The summed E-state index contributed by atoms with van der Waals surface area (Å²) in [6.45, 7) is 5.36. The number of aryl methyl sites for hydroxylation is 1. The van der Waals surface area contributed by atoms with E-state index in [4.69, 9.17) is 11.6 Å². The summed E-state index contributed by atoms with van der Waals surface area (Å²) in [6, 6.07) is 5.98. The number of piperidine rings is 2. The van der Waals surface area contributed by atoms with E-state index in [-0.39, 0.29) is 11.8 Å². The highest BCUT2D eigenvalue weighted by Crippen LogP contribution is 2.29. The smallest absolute Gasteiger partial charge is 0.145 e. The zero-order chi connectivity index (χ0) is 12.7. The fourth-order valence-corrected chi connectivity index (χ4v) is 3.28. The molecule has 2 heterocycles. The molecule has 1 aromatic carbocycles. The predicted octanol–water partition coefficient (Wildman–Crippen LogP) is 1.87. The van der Waals surface area contributed by atoms with Crippen LogP contribution in [0.1, 0.15) is 5.56 Å². The van der Waals surface area contributed by atoms with Gasteiger partial charge in [0.05, 0.1) is 0 Å². The van der Waals surface area contributed by atoms with Gasteiger partial charge in [0, 0.05) is 48.7 Å². The Morgan fingerprint density at radius 3 is 2.56 bits per heavy atom. The average Bonchev–Trinajstić information content (AvgIpc) is 2.29. The van der Waals surface area contributed by atoms with Gasteiger partial charge < -0.3 is 10.2 Å². The lowest BCUT2D eigenvalue weighted by Gasteiger charge is -2.42. The van der Waals surface area contributed by atoms with Crippen LogP contribution in [0.15, 0.2) is 18.2 Å². The number of nitrogens with zero attached hydrogens (tertiary/aromatic N) is 1. The summed E-state index contributed by atoms with van der Waals surface area (Å²) < 4.78 is 0. The zero-order valence-corrected chi connectivity index (χ0v) is 11.2. The van der Waals surface area contributed by atoms with Crippen LogP contribution in [0.3, 0.4) is 0 Å². The second-order valence-corrected chi connectivity index (χ2v) is 5.73. The Kier molecular flexibility index (Phi) is 3.04. The van der Waals surface area contributed by atoms with Crippen LogP contribution in [-0.4, -0.2) is 32.0 Å². The molecular formula is C14H17ClN2O. The minimum absolute atomic E-state index is 0.146. The van der Waals surface area contributed by atoms with Crippen molar-refractivity contribution in [2.24, 2.45) is 11.8 Å². The highest BCUT2D eigenvalue weighted by atomic mass is 35.5. The van der Waals surface area contributed by atoms with Gasteiger partial charge in [0.25, 0.3) is 0 Å². The second kappa shape index (κ2) is 4.56. The first-order valence-electron chi connectivity index (χ1n) is 6.40. The van der Waals surface area contributed by atoms with Gasteiger partial charge in [0.15, 0.2) is 0 Å². The van der Waals surface area contributed by atoms with Gasteiger partial charge in [-0.2, -0.15) is 0 Å². The summed E-state index contributed by atoms with van der Waals surface area (Å²) in [5.74, 6) is 0.733. The van der Waals surface area contributed by atoms with Crippen molar-refractivity contribution in [1.29, 1.82) is 0 Å². The van der Waals surface area contributed by atoms with E-state index in [1.807, 2.05) is 12.1 Å². The summed E-state index contributed by atoms with van der Waals surface area (Å²) in [4.78, 5) is 14.4. The van der Waals surface area contributed by atoms with Gasteiger partial charge in [-0.1, -0.05) is 11.6 Å². The Bertz CT molecular complexity index is 473. The molecule has 0 aliphatic carbocycles. The Labute approximate surface area is 112 Å². The van der Waals surface area contributed by atoms with Crippen molar-refractivity contribution < 1.29 is 4.79 Å². The molecule has 2 bridgehead atoms. The number of ketones is 1. The van der Waals surface area contributed by atoms with Crippen LogP contribution >= 0.6 is 11.6 Å².